The van der Waals surface area contributed by atoms with E-state index in [4.69, 9.17) is 9.29 Å². The van der Waals surface area contributed by atoms with Crippen molar-refractivity contribution in [2.24, 2.45) is 0 Å². The lowest BCUT2D eigenvalue weighted by molar-refractivity contribution is 0.111. The number of anilines is 1. The zero-order valence-corrected chi connectivity index (χ0v) is 13.9. The number of ether oxygens (including phenoxy) is 1. The molecule has 0 aliphatic carbocycles. The Labute approximate surface area is 136 Å². The van der Waals surface area contributed by atoms with Crippen molar-refractivity contribution in [3.05, 3.63) is 24.3 Å². The third-order valence-corrected chi connectivity index (χ3v) is 4.30. The highest BCUT2D eigenvalue weighted by atomic mass is 32.2. The topological polar surface area (TPSA) is 102 Å². The predicted molar refractivity (Wildman–Crippen MR) is 87.2 cm³/mol. The maximum absolute atomic E-state index is 10.6. The molecule has 0 bridgehead atoms. The largest absolute Gasteiger partial charge is 0.495 e. The lowest BCUT2D eigenvalue weighted by Crippen LogP contribution is -2.50. The van der Waals surface area contributed by atoms with E-state index in [1.165, 1.54) is 0 Å². The van der Waals surface area contributed by atoms with Crippen molar-refractivity contribution in [3.63, 3.8) is 0 Å². The number of β-amino-alcohol motifs (C(OH)–C–C–N with tert-alkyl or cyclic N) is 1. The van der Waals surface area contributed by atoms with Crippen LogP contribution in [0.2, 0.25) is 0 Å². The molecule has 3 N–H and O–H groups in total. The summed E-state index contributed by atoms with van der Waals surface area (Å²) >= 11 is 0. The van der Waals surface area contributed by atoms with Gasteiger partial charge >= 0.3 is 10.3 Å². The molecule has 8 nitrogen and oxygen atoms in total. The van der Waals surface area contributed by atoms with Crippen molar-refractivity contribution < 1.29 is 22.8 Å². The first-order valence-electron chi connectivity index (χ1n) is 7.39. The van der Waals surface area contributed by atoms with Crippen LogP contribution in [0.3, 0.4) is 0 Å². The highest BCUT2D eigenvalue weighted by molar-refractivity contribution is 7.83. The Morgan fingerprint density at radius 3 is 2.52 bits per heavy atom. The molecule has 1 atom stereocenters. The highest BCUT2D eigenvalue weighted by Crippen LogP contribution is 2.28. The first-order valence-corrected chi connectivity index (χ1v) is 8.83. The molecule has 0 aromatic heterocycles. The first-order chi connectivity index (χ1) is 10.9. The molecule has 0 unspecified atom stereocenters. The quantitative estimate of drug-likeness (QED) is 0.576. The van der Waals surface area contributed by atoms with Gasteiger partial charge in [-0.3, -0.25) is 9.45 Å². The number of hydrogen-bond donors (Lipinski definition) is 3. The van der Waals surface area contributed by atoms with E-state index in [1.807, 2.05) is 29.0 Å². The second kappa shape index (κ2) is 7.93. The van der Waals surface area contributed by atoms with E-state index in [1.54, 1.807) is 7.11 Å². The minimum Gasteiger partial charge on any atom is -0.495 e. The van der Waals surface area contributed by atoms with Gasteiger partial charge in [-0.25, -0.2) is 0 Å². The molecular formula is C14H23N3O5S. The van der Waals surface area contributed by atoms with E-state index < -0.39 is 16.4 Å². The summed E-state index contributed by atoms with van der Waals surface area (Å²) in [4.78, 5) is 4.28. The van der Waals surface area contributed by atoms with Gasteiger partial charge in [-0.15, -0.1) is 0 Å². The van der Waals surface area contributed by atoms with Crippen LogP contribution in [0.1, 0.15) is 0 Å². The highest BCUT2D eigenvalue weighted by Gasteiger charge is 2.21. The molecule has 1 saturated heterocycles. The number of hydrogen-bond acceptors (Lipinski definition) is 6. The lowest BCUT2D eigenvalue weighted by atomic mass is 10.2. The third kappa shape index (κ3) is 5.63. The van der Waals surface area contributed by atoms with Gasteiger partial charge in [0.05, 0.1) is 18.9 Å². The summed E-state index contributed by atoms with van der Waals surface area (Å²) in [5.74, 6) is 0.832. The molecule has 1 aromatic carbocycles. The molecule has 0 spiro atoms. The summed E-state index contributed by atoms with van der Waals surface area (Å²) in [7, 11) is -2.62. The molecule has 0 saturated carbocycles. The summed E-state index contributed by atoms with van der Waals surface area (Å²) < 4.78 is 37.0. The average molecular weight is 345 g/mol. The maximum Gasteiger partial charge on any atom is 0.333 e. The normalized spacial score (nSPS) is 18.0. The average Bonchev–Trinajstić information content (AvgIpc) is 2.53. The fraction of sp³-hybridized carbons (Fsp3) is 0.571. The number of nitrogens with one attached hydrogen (secondary N) is 1. The van der Waals surface area contributed by atoms with Gasteiger partial charge in [0.25, 0.3) is 0 Å². The molecule has 23 heavy (non-hydrogen) atoms. The standard InChI is InChI=1S/C14H23N3O5S/c1-22-14-5-3-2-4-13(14)17-8-6-16(7-9-17)11-12(18)10-15-23(19,20)21/h2-5,12,15,18H,6-11H2,1H3,(H,19,20,21)/t12-/m0/s1. The fourth-order valence-corrected chi connectivity index (χ4v) is 3.03. The number of aliphatic hydroxyl groups excluding tert-OH is 1. The summed E-state index contributed by atoms with van der Waals surface area (Å²) in [5.41, 5.74) is 1.04. The van der Waals surface area contributed by atoms with Crippen LogP contribution in [-0.2, 0) is 10.3 Å². The smallest absolute Gasteiger partial charge is 0.333 e. The first kappa shape index (κ1) is 18.0. The maximum atomic E-state index is 10.6. The second-order valence-electron chi connectivity index (χ2n) is 5.44. The van der Waals surface area contributed by atoms with Gasteiger partial charge in [0.2, 0.25) is 0 Å². The molecule has 1 fully saturated rings. The zero-order chi connectivity index (χ0) is 16.9. The summed E-state index contributed by atoms with van der Waals surface area (Å²) in [6, 6.07) is 7.83. The van der Waals surface area contributed by atoms with E-state index in [-0.39, 0.29) is 6.54 Å². The molecule has 130 valence electrons. The van der Waals surface area contributed by atoms with Crippen LogP contribution < -0.4 is 14.4 Å². The predicted octanol–water partition coefficient (Wildman–Crippen LogP) is -0.429. The van der Waals surface area contributed by atoms with Crippen LogP contribution in [0.15, 0.2) is 24.3 Å². The van der Waals surface area contributed by atoms with Crippen LogP contribution in [0.5, 0.6) is 5.75 Å². The van der Waals surface area contributed by atoms with E-state index in [2.05, 4.69) is 9.80 Å². The molecule has 9 heteroatoms. The van der Waals surface area contributed by atoms with Crippen molar-refractivity contribution in [1.82, 2.24) is 9.62 Å². The molecule has 1 aliphatic heterocycles. The second-order valence-corrected chi connectivity index (χ2v) is 6.68. The Balaban J connectivity index is 1.82. The third-order valence-electron chi connectivity index (χ3n) is 3.77. The zero-order valence-electron chi connectivity index (χ0n) is 13.1. The summed E-state index contributed by atoms with van der Waals surface area (Å²) in [5, 5.41) is 9.82. The van der Waals surface area contributed by atoms with Crippen molar-refractivity contribution in [3.8, 4) is 5.75 Å². The number of benzene rings is 1. The van der Waals surface area contributed by atoms with Gasteiger partial charge in [-0.2, -0.15) is 13.1 Å². The van der Waals surface area contributed by atoms with E-state index >= 15 is 0 Å². The Morgan fingerprint density at radius 1 is 1.26 bits per heavy atom. The molecule has 0 amide bonds. The molecular weight excluding hydrogens is 322 g/mol. The number of nitrogens with zero attached hydrogens (tertiary/aromatic N) is 2. The molecule has 1 aliphatic rings. The Bertz CT molecular complexity index is 602. The fourth-order valence-electron chi connectivity index (χ4n) is 2.63. The SMILES string of the molecule is COc1ccccc1N1CCN(C[C@@H](O)CNS(=O)(=O)O)CC1. The van der Waals surface area contributed by atoms with Crippen molar-refractivity contribution in [2.75, 3.05) is 51.3 Å². The summed E-state index contributed by atoms with van der Waals surface area (Å²) in [6.45, 7) is 3.23. The minimum absolute atomic E-state index is 0.203. The van der Waals surface area contributed by atoms with Gasteiger partial charge in [0, 0.05) is 39.3 Å². The van der Waals surface area contributed by atoms with Gasteiger partial charge < -0.3 is 14.7 Å². The molecule has 1 aromatic rings. The molecule has 1 heterocycles. The van der Waals surface area contributed by atoms with Crippen LogP contribution in [0.4, 0.5) is 5.69 Å². The van der Waals surface area contributed by atoms with E-state index in [0.717, 1.165) is 37.6 Å². The lowest BCUT2D eigenvalue weighted by Gasteiger charge is -2.37. The van der Waals surface area contributed by atoms with Crippen LogP contribution in [0.25, 0.3) is 0 Å². The van der Waals surface area contributed by atoms with Gasteiger partial charge in [0.15, 0.2) is 0 Å². The monoisotopic (exact) mass is 345 g/mol. The van der Waals surface area contributed by atoms with E-state index in [0.29, 0.717) is 6.54 Å². The Kier molecular flexibility index (Phi) is 6.19. The molecule has 2 rings (SSSR count). The number of rotatable bonds is 7. The van der Waals surface area contributed by atoms with Crippen molar-refractivity contribution >= 4 is 16.0 Å². The van der Waals surface area contributed by atoms with Crippen molar-refractivity contribution in [1.29, 1.82) is 0 Å². The van der Waals surface area contributed by atoms with Crippen LogP contribution in [0, 0.1) is 0 Å². The number of piperazine rings is 1. The number of aliphatic hydroxyl groups is 1. The van der Waals surface area contributed by atoms with E-state index in [9.17, 15) is 13.5 Å². The van der Waals surface area contributed by atoms with Crippen LogP contribution in [-0.4, -0.2) is 75.5 Å². The Hall–Kier alpha value is -1.39. The summed E-state index contributed by atoms with van der Waals surface area (Å²) in [6.07, 6.45) is -0.866. The number of methoxy groups -OCH3 is 1. The van der Waals surface area contributed by atoms with Crippen molar-refractivity contribution in [2.45, 2.75) is 6.10 Å². The Morgan fingerprint density at radius 2 is 1.91 bits per heavy atom. The number of para-hydroxylation sites is 2. The van der Waals surface area contributed by atoms with Gasteiger partial charge in [0.1, 0.15) is 5.75 Å². The van der Waals surface area contributed by atoms with Crippen LogP contribution >= 0.6 is 0 Å². The minimum atomic E-state index is -4.26. The van der Waals surface area contributed by atoms with Gasteiger partial charge in [-0.05, 0) is 12.1 Å². The molecule has 0 radical (unpaired) electrons. The van der Waals surface area contributed by atoms with Gasteiger partial charge in [-0.1, -0.05) is 12.1 Å².